The van der Waals surface area contributed by atoms with Gasteiger partial charge in [-0.15, -0.1) is 0 Å². The van der Waals surface area contributed by atoms with Crippen molar-refractivity contribution in [1.82, 2.24) is 15.3 Å². The van der Waals surface area contributed by atoms with E-state index in [4.69, 9.17) is 5.11 Å². The van der Waals surface area contributed by atoms with E-state index in [0.29, 0.717) is 29.8 Å². The van der Waals surface area contributed by atoms with Crippen molar-refractivity contribution in [2.45, 2.75) is 19.6 Å². The lowest BCUT2D eigenvalue weighted by Crippen LogP contribution is -2.26. The second kappa shape index (κ2) is 5.07. The number of fused-ring (bicyclic) bond motifs is 1. The van der Waals surface area contributed by atoms with Crippen LogP contribution in [0.15, 0.2) is 29.1 Å². The molecule has 2 aromatic rings. The number of hydrogen-bond acceptors (Lipinski definition) is 4. The largest absolute Gasteiger partial charge is 0.392 e. The van der Waals surface area contributed by atoms with Crippen LogP contribution in [0.3, 0.4) is 0 Å². The van der Waals surface area contributed by atoms with Crippen LogP contribution >= 0.6 is 0 Å². The van der Waals surface area contributed by atoms with Gasteiger partial charge >= 0.3 is 0 Å². The third-order valence-electron chi connectivity index (χ3n) is 2.39. The third-order valence-corrected chi connectivity index (χ3v) is 2.39. The van der Waals surface area contributed by atoms with Crippen LogP contribution in [0.4, 0.5) is 0 Å². The number of aliphatic hydroxyl groups excluding tert-OH is 1. The van der Waals surface area contributed by atoms with Crippen molar-refractivity contribution in [2.24, 2.45) is 0 Å². The van der Waals surface area contributed by atoms with Crippen LogP contribution < -0.4 is 10.9 Å². The molecule has 0 spiro atoms. The van der Waals surface area contributed by atoms with Gasteiger partial charge in [-0.3, -0.25) is 4.79 Å². The fraction of sp³-hybridized carbons (Fsp3) is 0.333. The molecule has 0 saturated heterocycles. The lowest BCUT2D eigenvalue weighted by Gasteiger charge is -2.06. The number of aromatic nitrogens is 2. The molecule has 0 bridgehead atoms. The maximum Gasteiger partial charge on any atom is 0.258 e. The Hall–Kier alpha value is -1.72. The molecule has 1 unspecified atom stereocenters. The zero-order valence-electron chi connectivity index (χ0n) is 9.60. The lowest BCUT2D eigenvalue weighted by atomic mass is 10.2. The monoisotopic (exact) mass is 233 g/mol. The van der Waals surface area contributed by atoms with E-state index in [1.165, 1.54) is 0 Å². The number of aliphatic hydroxyl groups is 1. The van der Waals surface area contributed by atoms with E-state index in [1.54, 1.807) is 13.0 Å². The number of hydrogen-bond donors (Lipinski definition) is 3. The molecule has 90 valence electrons. The predicted molar refractivity (Wildman–Crippen MR) is 65.8 cm³/mol. The molecule has 0 radical (unpaired) electrons. The summed E-state index contributed by atoms with van der Waals surface area (Å²) < 4.78 is 0. The zero-order valence-corrected chi connectivity index (χ0v) is 9.60. The van der Waals surface area contributed by atoms with Gasteiger partial charge in [0.2, 0.25) is 0 Å². The molecule has 0 aliphatic heterocycles. The summed E-state index contributed by atoms with van der Waals surface area (Å²) in [6.45, 7) is 2.60. The molecule has 1 heterocycles. The van der Waals surface area contributed by atoms with Gasteiger partial charge in [-0.1, -0.05) is 12.1 Å². The molecule has 1 aromatic heterocycles. The Labute approximate surface area is 98.5 Å². The van der Waals surface area contributed by atoms with Crippen molar-refractivity contribution in [3.05, 3.63) is 40.4 Å². The molecule has 5 nitrogen and oxygen atoms in total. The summed E-state index contributed by atoms with van der Waals surface area (Å²) in [6, 6.07) is 7.21. The molecule has 1 aromatic carbocycles. The first-order chi connectivity index (χ1) is 8.16. The van der Waals surface area contributed by atoms with Crippen LogP contribution in [0.5, 0.6) is 0 Å². The maximum absolute atomic E-state index is 11.7. The van der Waals surface area contributed by atoms with Crippen molar-refractivity contribution in [1.29, 1.82) is 0 Å². The normalized spacial score (nSPS) is 12.8. The van der Waals surface area contributed by atoms with Crippen LogP contribution in [-0.4, -0.2) is 27.7 Å². The van der Waals surface area contributed by atoms with Crippen LogP contribution in [0.2, 0.25) is 0 Å². The number of nitrogens with one attached hydrogen (secondary N) is 2. The molecular formula is C12H15N3O2. The fourth-order valence-electron chi connectivity index (χ4n) is 1.62. The number of H-pyrrole nitrogens is 1. The molecule has 0 fully saturated rings. The number of rotatable bonds is 4. The number of benzene rings is 1. The average Bonchev–Trinajstić information content (AvgIpc) is 2.28. The first-order valence-corrected chi connectivity index (χ1v) is 5.53. The van der Waals surface area contributed by atoms with Gasteiger partial charge in [0, 0.05) is 6.54 Å². The Kier molecular flexibility index (Phi) is 3.51. The summed E-state index contributed by atoms with van der Waals surface area (Å²) in [5.41, 5.74) is 0.551. The van der Waals surface area contributed by atoms with E-state index < -0.39 is 6.10 Å². The first-order valence-electron chi connectivity index (χ1n) is 5.53. The van der Waals surface area contributed by atoms with Gasteiger partial charge in [-0.2, -0.15) is 0 Å². The minimum atomic E-state index is -0.415. The molecule has 17 heavy (non-hydrogen) atoms. The summed E-state index contributed by atoms with van der Waals surface area (Å²) in [5.74, 6) is 0.578. The molecule has 0 saturated carbocycles. The molecule has 0 aliphatic carbocycles. The Balaban J connectivity index is 2.22. The van der Waals surface area contributed by atoms with Gasteiger partial charge in [0.25, 0.3) is 5.56 Å². The molecule has 3 N–H and O–H groups in total. The molecule has 1 atom stereocenters. The Morgan fingerprint density at radius 2 is 2.24 bits per heavy atom. The first kappa shape index (κ1) is 11.8. The second-order valence-electron chi connectivity index (χ2n) is 4.01. The summed E-state index contributed by atoms with van der Waals surface area (Å²) in [5, 5.41) is 12.7. The fourth-order valence-corrected chi connectivity index (χ4v) is 1.62. The highest BCUT2D eigenvalue weighted by atomic mass is 16.3. The van der Waals surface area contributed by atoms with Gasteiger partial charge in [-0.05, 0) is 19.1 Å². The third kappa shape index (κ3) is 2.89. The highest BCUT2D eigenvalue weighted by Crippen LogP contribution is 2.05. The highest BCUT2D eigenvalue weighted by Gasteiger charge is 2.03. The standard InChI is InChI=1S/C12H15N3O2/c1-8(16)6-13-7-11-14-10-5-3-2-4-9(10)12(17)15-11/h2-5,8,13,16H,6-7H2,1H3,(H,14,15,17). The van der Waals surface area contributed by atoms with E-state index in [0.717, 1.165) is 0 Å². The quantitative estimate of drug-likeness (QED) is 0.714. The van der Waals surface area contributed by atoms with Crippen molar-refractivity contribution >= 4 is 10.9 Å². The SMILES string of the molecule is CC(O)CNCc1nc2ccccc2c(=O)[nH]1. The van der Waals surface area contributed by atoms with Crippen molar-refractivity contribution in [3.8, 4) is 0 Å². The average molecular weight is 233 g/mol. The van der Waals surface area contributed by atoms with Crippen LogP contribution in [-0.2, 0) is 6.54 Å². The van der Waals surface area contributed by atoms with Gasteiger partial charge in [0.05, 0.1) is 23.6 Å². The Morgan fingerprint density at radius 3 is 3.00 bits per heavy atom. The minimum Gasteiger partial charge on any atom is -0.392 e. The highest BCUT2D eigenvalue weighted by molar-refractivity contribution is 5.77. The van der Waals surface area contributed by atoms with Gasteiger partial charge in [0.15, 0.2) is 0 Å². The summed E-state index contributed by atoms with van der Waals surface area (Å²) in [7, 11) is 0. The zero-order chi connectivity index (χ0) is 12.3. The molecule has 0 aliphatic rings. The summed E-state index contributed by atoms with van der Waals surface area (Å²) in [6.07, 6.45) is -0.415. The van der Waals surface area contributed by atoms with E-state index >= 15 is 0 Å². The van der Waals surface area contributed by atoms with Gasteiger partial charge in [-0.25, -0.2) is 4.98 Å². The minimum absolute atomic E-state index is 0.135. The van der Waals surface area contributed by atoms with Crippen molar-refractivity contribution in [2.75, 3.05) is 6.54 Å². The molecule has 0 amide bonds. The Morgan fingerprint density at radius 1 is 1.47 bits per heavy atom. The lowest BCUT2D eigenvalue weighted by molar-refractivity contribution is 0.190. The second-order valence-corrected chi connectivity index (χ2v) is 4.01. The number of para-hydroxylation sites is 1. The smallest absolute Gasteiger partial charge is 0.258 e. The van der Waals surface area contributed by atoms with Gasteiger partial charge in [0.1, 0.15) is 5.82 Å². The maximum atomic E-state index is 11.7. The predicted octanol–water partition coefficient (Wildman–Crippen LogP) is 0.394. The van der Waals surface area contributed by atoms with Gasteiger partial charge < -0.3 is 15.4 Å². The van der Waals surface area contributed by atoms with E-state index in [2.05, 4.69) is 15.3 Å². The van der Waals surface area contributed by atoms with Crippen molar-refractivity contribution < 1.29 is 5.11 Å². The van der Waals surface area contributed by atoms with E-state index in [9.17, 15) is 4.79 Å². The number of nitrogens with zero attached hydrogens (tertiary/aromatic N) is 1. The molecule has 2 rings (SSSR count). The molecular weight excluding hydrogens is 218 g/mol. The van der Waals surface area contributed by atoms with Crippen molar-refractivity contribution in [3.63, 3.8) is 0 Å². The molecule has 5 heteroatoms. The van der Waals surface area contributed by atoms with E-state index in [1.807, 2.05) is 18.2 Å². The van der Waals surface area contributed by atoms with E-state index in [-0.39, 0.29) is 5.56 Å². The number of aromatic amines is 1. The van der Waals surface area contributed by atoms with Crippen LogP contribution in [0.25, 0.3) is 10.9 Å². The summed E-state index contributed by atoms with van der Waals surface area (Å²) in [4.78, 5) is 18.8. The van der Waals surface area contributed by atoms with Crippen LogP contribution in [0, 0.1) is 0 Å². The van der Waals surface area contributed by atoms with Crippen LogP contribution in [0.1, 0.15) is 12.7 Å². The topological polar surface area (TPSA) is 78.0 Å². The summed E-state index contributed by atoms with van der Waals surface area (Å²) >= 11 is 0. The Bertz CT molecular complexity index is 563.